The van der Waals surface area contributed by atoms with E-state index in [0.29, 0.717) is 5.69 Å². The second-order valence-electron chi connectivity index (χ2n) is 4.12. The fraction of sp³-hybridized carbons (Fsp3) is 0.0714. The molecule has 2 aromatic rings. The first kappa shape index (κ1) is 13.5. The summed E-state index contributed by atoms with van der Waals surface area (Å²) in [5, 5.41) is 22.2. The number of rotatable bonds is 3. The molecule has 1 aromatic heterocycles. The molecule has 0 radical (unpaired) electrons. The highest BCUT2D eigenvalue weighted by atomic mass is 16.4. The van der Waals surface area contributed by atoms with Gasteiger partial charge in [0.25, 0.3) is 5.56 Å². The third kappa shape index (κ3) is 2.74. The normalized spacial score (nSPS) is 10.8. The van der Waals surface area contributed by atoms with Gasteiger partial charge in [0.1, 0.15) is 11.4 Å². The van der Waals surface area contributed by atoms with Crippen LogP contribution in [0.4, 0.5) is 0 Å². The molecule has 0 unspecified atom stereocenters. The molecule has 0 aliphatic rings. The molecule has 0 atom stereocenters. The zero-order valence-corrected chi connectivity index (χ0v) is 10.6. The van der Waals surface area contributed by atoms with E-state index in [9.17, 15) is 14.7 Å². The van der Waals surface area contributed by atoms with Crippen molar-refractivity contribution in [1.29, 1.82) is 0 Å². The zero-order chi connectivity index (χ0) is 14.7. The molecule has 1 aromatic carbocycles. The number of aliphatic carboxylic acids is 1. The van der Waals surface area contributed by atoms with Gasteiger partial charge in [0.2, 0.25) is 0 Å². The smallest absolute Gasteiger partial charge is 0.328 e. The van der Waals surface area contributed by atoms with Crippen molar-refractivity contribution in [3.05, 3.63) is 58.0 Å². The Kier molecular flexibility index (Phi) is 3.65. The summed E-state index contributed by atoms with van der Waals surface area (Å²) < 4.78 is 1.12. The number of hydrogen-bond acceptors (Lipinski definition) is 4. The van der Waals surface area contributed by atoms with Gasteiger partial charge in [-0.15, -0.1) is 0 Å². The van der Waals surface area contributed by atoms with E-state index < -0.39 is 11.5 Å². The van der Waals surface area contributed by atoms with Crippen molar-refractivity contribution in [2.24, 2.45) is 0 Å². The lowest BCUT2D eigenvalue weighted by atomic mass is 10.2. The first-order valence-electron chi connectivity index (χ1n) is 5.79. The number of carbonyl (C=O) groups is 1. The van der Waals surface area contributed by atoms with Crippen LogP contribution in [0.1, 0.15) is 11.3 Å². The highest BCUT2D eigenvalue weighted by Crippen LogP contribution is 2.15. The van der Waals surface area contributed by atoms with Crippen LogP contribution in [-0.2, 0) is 4.79 Å². The molecule has 0 amide bonds. The first-order valence-corrected chi connectivity index (χ1v) is 5.79. The van der Waals surface area contributed by atoms with Crippen molar-refractivity contribution < 1.29 is 15.0 Å². The SMILES string of the molecule is Cc1ccccc1-n1nc(/C=C/C(=O)O)c(O)cc1=O. The number of nitrogens with zero attached hydrogens (tertiary/aromatic N) is 2. The fourth-order valence-electron chi connectivity index (χ4n) is 1.70. The lowest BCUT2D eigenvalue weighted by Gasteiger charge is -2.09. The van der Waals surface area contributed by atoms with Gasteiger partial charge in [-0.05, 0) is 24.6 Å². The highest BCUT2D eigenvalue weighted by Gasteiger charge is 2.09. The summed E-state index contributed by atoms with van der Waals surface area (Å²) >= 11 is 0. The average Bonchev–Trinajstić information content (AvgIpc) is 2.39. The van der Waals surface area contributed by atoms with Gasteiger partial charge in [-0.1, -0.05) is 18.2 Å². The van der Waals surface area contributed by atoms with E-state index in [1.807, 2.05) is 19.1 Å². The van der Waals surface area contributed by atoms with Crippen molar-refractivity contribution in [3.63, 3.8) is 0 Å². The largest absolute Gasteiger partial charge is 0.505 e. The molecule has 1 heterocycles. The Morgan fingerprint density at radius 2 is 2.05 bits per heavy atom. The highest BCUT2D eigenvalue weighted by molar-refractivity contribution is 5.85. The molecule has 0 saturated carbocycles. The molecule has 6 nitrogen and oxygen atoms in total. The summed E-state index contributed by atoms with van der Waals surface area (Å²) in [5.41, 5.74) is 0.919. The number of aromatic nitrogens is 2. The van der Waals surface area contributed by atoms with Gasteiger partial charge in [0, 0.05) is 12.1 Å². The van der Waals surface area contributed by atoms with Crippen LogP contribution in [0.5, 0.6) is 5.75 Å². The van der Waals surface area contributed by atoms with Crippen molar-refractivity contribution in [3.8, 4) is 11.4 Å². The van der Waals surface area contributed by atoms with Crippen LogP contribution in [0.2, 0.25) is 0 Å². The summed E-state index contributed by atoms with van der Waals surface area (Å²) in [5.74, 6) is -1.53. The Bertz CT molecular complexity index is 747. The van der Waals surface area contributed by atoms with E-state index >= 15 is 0 Å². The quantitative estimate of drug-likeness (QED) is 0.823. The Balaban J connectivity index is 2.61. The van der Waals surface area contributed by atoms with E-state index in [4.69, 9.17) is 5.11 Å². The van der Waals surface area contributed by atoms with Crippen molar-refractivity contribution in [2.75, 3.05) is 0 Å². The third-order valence-electron chi connectivity index (χ3n) is 2.67. The zero-order valence-electron chi connectivity index (χ0n) is 10.6. The van der Waals surface area contributed by atoms with E-state index in [1.165, 1.54) is 0 Å². The minimum absolute atomic E-state index is 0.00949. The van der Waals surface area contributed by atoms with Gasteiger partial charge >= 0.3 is 5.97 Å². The molecule has 0 saturated heterocycles. The Hall–Kier alpha value is -2.89. The Labute approximate surface area is 114 Å². The molecule has 0 spiro atoms. The van der Waals surface area contributed by atoms with Gasteiger partial charge in [-0.3, -0.25) is 4.79 Å². The molecule has 2 rings (SSSR count). The molecule has 6 heteroatoms. The standard InChI is InChI=1S/C14H12N2O4/c1-9-4-2-3-5-11(9)16-13(18)8-12(17)10(15-16)6-7-14(19)20/h2-8,17H,1H3,(H,19,20)/b7-6+. The van der Waals surface area contributed by atoms with Crippen LogP contribution in [-0.4, -0.2) is 26.0 Å². The van der Waals surface area contributed by atoms with E-state index in [1.54, 1.807) is 12.1 Å². The Morgan fingerprint density at radius 1 is 1.35 bits per heavy atom. The fourth-order valence-corrected chi connectivity index (χ4v) is 1.70. The molecule has 20 heavy (non-hydrogen) atoms. The van der Waals surface area contributed by atoms with Crippen LogP contribution in [0.25, 0.3) is 11.8 Å². The average molecular weight is 272 g/mol. The number of aryl methyl sites for hydroxylation is 1. The second kappa shape index (κ2) is 5.40. The lowest BCUT2D eigenvalue weighted by Crippen LogP contribution is -2.21. The third-order valence-corrected chi connectivity index (χ3v) is 2.67. The van der Waals surface area contributed by atoms with Gasteiger partial charge in [-0.25, -0.2) is 4.79 Å². The molecule has 0 aliphatic heterocycles. The molecule has 2 N–H and O–H groups in total. The minimum Gasteiger partial charge on any atom is -0.505 e. The molecule has 0 fully saturated rings. The number of hydrogen-bond donors (Lipinski definition) is 2. The number of para-hydroxylation sites is 1. The summed E-state index contributed by atoms with van der Waals surface area (Å²) in [4.78, 5) is 22.4. The molecule has 0 aliphatic carbocycles. The minimum atomic E-state index is -1.17. The maximum absolute atomic E-state index is 11.9. The Morgan fingerprint density at radius 3 is 2.70 bits per heavy atom. The van der Waals surface area contributed by atoms with Gasteiger partial charge in [0.15, 0.2) is 0 Å². The number of carboxylic acids is 1. The lowest BCUT2D eigenvalue weighted by molar-refractivity contribution is -0.131. The second-order valence-corrected chi connectivity index (χ2v) is 4.12. The monoisotopic (exact) mass is 272 g/mol. The molecule has 102 valence electrons. The number of carboxylic acid groups (broad SMARTS) is 1. The summed E-state index contributed by atoms with van der Waals surface area (Å²) in [6.07, 6.45) is 1.97. The summed E-state index contributed by atoms with van der Waals surface area (Å²) in [6, 6.07) is 8.13. The van der Waals surface area contributed by atoms with Crippen LogP contribution < -0.4 is 5.56 Å². The van der Waals surface area contributed by atoms with Gasteiger partial charge in [0.05, 0.1) is 5.69 Å². The van der Waals surface area contributed by atoms with E-state index in [-0.39, 0.29) is 11.4 Å². The number of aromatic hydroxyl groups is 1. The van der Waals surface area contributed by atoms with Crippen LogP contribution in [0.15, 0.2) is 41.2 Å². The first-order chi connectivity index (χ1) is 9.49. The molecular formula is C14H12N2O4. The number of benzene rings is 1. The van der Waals surface area contributed by atoms with E-state index in [2.05, 4.69) is 5.10 Å². The van der Waals surface area contributed by atoms with Crippen LogP contribution in [0.3, 0.4) is 0 Å². The maximum atomic E-state index is 11.9. The van der Waals surface area contributed by atoms with Crippen LogP contribution >= 0.6 is 0 Å². The van der Waals surface area contributed by atoms with Gasteiger partial charge in [-0.2, -0.15) is 9.78 Å². The van der Waals surface area contributed by atoms with Gasteiger partial charge < -0.3 is 10.2 Å². The predicted octanol–water partition coefficient (Wildman–Crippen LogP) is 1.34. The molecular weight excluding hydrogens is 260 g/mol. The van der Waals surface area contributed by atoms with Crippen molar-refractivity contribution >= 4 is 12.0 Å². The maximum Gasteiger partial charge on any atom is 0.328 e. The van der Waals surface area contributed by atoms with Crippen LogP contribution in [0, 0.1) is 6.92 Å². The van der Waals surface area contributed by atoms with Crippen molar-refractivity contribution in [2.45, 2.75) is 6.92 Å². The molecule has 0 bridgehead atoms. The van der Waals surface area contributed by atoms with Crippen molar-refractivity contribution in [1.82, 2.24) is 9.78 Å². The predicted molar refractivity (Wildman–Crippen MR) is 72.9 cm³/mol. The topological polar surface area (TPSA) is 92.4 Å². The summed E-state index contributed by atoms with van der Waals surface area (Å²) in [6.45, 7) is 1.82. The summed E-state index contributed by atoms with van der Waals surface area (Å²) in [7, 11) is 0. The van der Waals surface area contributed by atoms with E-state index in [0.717, 1.165) is 28.5 Å².